The van der Waals surface area contributed by atoms with E-state index in [1.807, 2.05) is 6.07 Å². The van der Waals surface area contributed by atoms with E-state index in [1.54, 1.807) is 24.3 Å². The number of nitriles is 1. The van der Waals surface area contributed by atoms with Crippen LogP contribution in [0.2, 0.25) is 0 Å². The van der Waals surface area contributed by atoms with Crippen molar-refractivity contribution < 1.29 is 19.2 Å². The summed E-state index contributed by atoms with van der Waals surface area (Å²) >= 11 is 0. The Morgan fingerprint density at radius 3 is 2.65 bits per heavy atom. The minimum absolute atomic E-state index is 0.0495. The Morgan fingerprint density at radius 2 is 2.04 bits per heavy atom. The van der Waals surface area contributed by atoms with Crippen molar-refractivity contribution in [3.63, 3.8) is 0 Å². The number of benzene rings is 2. The molecule has 0 aliphatic heterocycles. The van der Waals surface area contributed by atoms with Crippen LogP contribution in [0.25, 0.3) is 0 Å². The van der Waals surface area contributed by atoms with Gasteiger partial charge in [-0.15, -0.1) is 0 Å². The van der Waals surface area contributed by atoms with Crippen LogP contribution in [0.1, 0.15) is 21.5 Å². The first-order valence-electron chi connectivity index (χ1n) is 6.52. The third kappa shape index (κ3) is 3.63. The van der Waals surface area contributed by atoms with Crippen molar-refractivity contribution >= 4 is 12.0 Å². The van der Waals surface area contributed by atoms with Crippen LogP contribution >= 0.6 is 0 Å². The second kappa shape index (κ2) is 7.04. The molecule has 7 heteroatoms. The number of nitro benzene ring substituents is 1. The van der Waals surface area contributed by atoms with Crippen LogP contribution in [0.4, 0.5) is 5.69 Å². The lowest BCUT2D eigenvalue weighted by Crippen LogP contribution is -2.02. The smallest absolute Gasteiger partial charge is 0.276 e. The zero-order valence-corrected chi connectivity index (χ0v) is 12.2. The number of ether oxygens (including phenoxy) is 2. The highest BCUT2D eigenvalue weighted by Gasteiger charge is 2.18. The zero-order chi connectivity index (χ0) is 16.8. The van der Waals surface area contributed by atoms with Crippen molar-refractivity contribution in [3.8, 4) is 17.6 Å². The molecule has 0 aliphatic rings. The molecule has 7 nitrogen and oxygen atoms in total. The van der Waals surface area contributed by atoms with E-state index in [2.05, 4.69) is 0 Å². The Hall–Kier alpha value is -3.40. The predicted octanol–water partition coefficient (Wildman–Crippen LogP) is 2.87. The third-order valence-corrected chi connectivity index (χ3v) is 3.09. The number of nitro groups is 1. The number of aldehydes is 1. The summed E-state index contributed by atoms with van der Waals surface area (Å²) in [4.78, 5) is 21.6. The van der Waals surface area contributed by atoms with Gasteiger partial charge in [-0.1, -0.05) is 12.1 Å². The first kappa shape index (κ1) is 16.0. The first-order chi connectivity index (χ1) is 11.1. The molecule has 0 N–H and O–H groups in total. The van der Waals surface area contributed by atoms with E-state index in [0.29, 0.717) is 17.4 Å². The second-order valence-corrected chi connectivity index (χ2v) is 4.54. The third-order valence-electron chi connectivity index (χ3n) is 3.09. The SMILES string of the molecule is COc1cc([N+](=O)[O-])cc(OCc2cccc(C#N)c2)c1C=O. The molecule has 0 fully saturated rings. The fraction of sp³-hybridized carbons (Fsp3) is 0.125. The van der Waals surface area contributed by atoms with Crippen molar-refractivity contribution in [2.24, 2.45) is 0 Å². The Bertz CT molecular complexity index is 796. The van der Waals surface area contributed by atoms with Gasteiger partial charge in [-0.05, 0) is 17.7 Å². The lowest BCUT2D eigenvalue weighted by Gasteiger charge is -2.11. The maximum Gasteiger partial charge on any atom is 0.276 e. The first-order valence-corrected chi connectivity index (χ1v) is 6.52. The van der Waals surface area contributed by atoms with Crippen LogP contribution in [0, 0.1) is 21.4 Å². The Labute approximate surface area is 131 Å². The standard InChI is InChI=1S/C16H12N2O5/c1-22-15-6-13(18(20)21)7-16(14(15)9-19)23-10-12-4-2-3-11(5-12)8-17/h2-7,9H,10H2,1H3. The van der Waals surface area contributed by atoms with Gasteiger partial charge in [-0.3, -0.25) is 14.9 Å². The molecule has 0 bridgehead atoms. The highest BCUT2D eigenvalue weighted by molar-refractivity contribution is 5.84. The summed E-state index contributed by atoms with van der Waals surface area (Å²) in [5, 5.41) is 19.8. The number of rotatable bonds is 6. The molecule has 116 valence electrons. The predicted molar refractivity (Wildman–Crippen MR) is 80.5 cm³/mol. The van der Waals surface area contributed by atoms with Gasteiger partial charge >= 0.3 is 0 Å². The van der Waals surface area contributed by atoms with Crippen molar-refractivity contribution in [2.45, 2.75) is 6.61 Å². The molecule has 23 heavy (non-hydrogen) atoms. The van der Waals surface area contributed by atoms with E-state index < -0.39 is 4.92 Å². The summed E-state index contributed by atoms with van der Waals surface area (Å²) in [6.07, 6.45) is 0.517. The fourth-order valence-electron chi connectivity index (χ4n) is 1.99. The number of nitrogens with zero attached hydrogens (tertiary/aromatic N) is 2. The molecule has 0 atom stereocenters. The maximum atomic E-state index is 11.2. The van der Waals surface area contributed by atoms with E-state index in [9.17, 15) is 14.9 Å². The Morgan fingerprint density at radius 1 is 1.30 bits per heavy atom. The van der Waals surface area contributed by atoms with Gasteiger partial charge in [-0.25, -0.2) is 0 Å². The number of carbonyl (C=O) groups excluding carboxylic acids is 1. The number of hydrogen-bond acceptors (Lipinski definition) is 6. The van der Waals surface area contributed by atoms with Crippen LogP contribution in [0.5, 0.6) is 11.5 Å². The van der Waals surface area contributed by atoms with Gasteiger partial charge in [0.2, 0.25) is 0 Å². The molecule has 2 aromatic carbocycles. The van der Waals surface area contributed by atoms with Crippen molar-refractivity contribution in [1.82, 2.24) is 0 Å². The number of non-ortho nitro benzene ring substituents is 1. The summed E-state index contributed by atoms with van der Waals surface area (Å²) in [6, 6.07) is 11.1. The van der Waals surface area contributed by atoms with Gasteiger partial charge in [0.15, 0.2) is 6.29 Å². The van der Waals surface area contributed by atoms with E-state index in [4.69, 9.17) is 14.7 Å². The number of methoxy groups -OCH3 is 1. The van der Waals surface area contributed by atoms with E-state index in [0.717, 1.165) is 6.07 Å². The maximum absolute atomic E-state index is 11.2. The van der Waals surface area contributed by atoms with Gasteiger partial charge in [0.1, 0.15) is 18.1 Å². The zero-order valence-electron chi connectivity index (χ0n) is 12.2. The molecular formula is C16H12N2O5. The van der Waals surface area contributed by atoms with Crippen molar-refractivity contribution in [3.05, 3.63) is 63.2 Å². The summed E-state index contributed by atoms with van der Waals surface area (Å²) in [6.45, 7) is 0.0562. The summed E-state index contributed by atoms with van der Waals surface area (Å²) in [5.74, 6) is 0.114. The molecule has 0 amide bonds. The molecule has 0 saturated heterocycles. The fourth-order valence-corrected chi connectivity index (χ4v) is 1.99. The summed E-state index contributed by atoms with van der Waals surface area (Å²) < 4.78 is 10.5. The molecule has 2 rings (SSSR count). The number of hydrogen-bond donors (Lipinski definition) is 0. The monoisotopic (exact) mass is 312 g/mol. The lowest BCUT2D eigenvalue weighted by atomic mass is 10.1. The minimum atomic E-state index is -0.597. The van der Waals surface area contributed by atoms with Crippen molar-refractivity contribution in [2.75, 3.05) is 7.11 Å². The molecule has 0 spiro atoms. The van der Waals surface area contributed by atoms with Gasteiger partial charge < -0.3 is 9.47 Å². The van der Waals surface area contributed by atoms with Crippen LogP contribution in [-0.2, 0) is 6.61 Å². The molecule has 0 unspecified atom stereocenters. The molecule has 0 aromatic heterocycles. The van der Waals surface area contributed by atoms with Gasteiger partial charge in [-0.2, -0.15) is 5.26 Å². The van der Waals surface area contributed by atoms with E-state index >= 15 is 0 Å². The average molecular weight is 312 g/mol. The average Bonchev–Trinajstić information content (AvgIpc) is 2.58. The van der Waals surface area contributed by atoms with Crippen LogP contribution in [0.3, 0.4) is 0 Å². The quantitative estimate of drug-likeness (QED) is 0.461. The molecule has 2 aromatic rings. The van der Waals surface area contributed by atoms with E-state index in [-0.39, 0.29) is 29.4 Å². The Balaban J connectivity index is 2.34. The van der Waals surface area contributed by atoms with Crippen LogP contribution in [0.15, 0.2) is 36.4 Å². The van der Waals surface area contributed by atoms with Gasteiger partial charge in [0, 0.05) is 0 Å². The highest BCUT2D eigenvalue weighted by Crippen LogP contribution is 2.33. The topological polar surface area (TPSA) is 102 Å². The molecule has 0 heterocycles. The van der Waals surface area contributed by atoms with Crippen molar-refractivity contribution in [1.29, 1.82) is 5.26 Å². The van der Waals surface area contributed by atoms with E-state index in [1.165, 1.54) is 13.2 Å². The molecule has 0 saturated carbocycles. The van der Waals surface area contributed by atoms with Crippen LogP contribution in [-0.4, -0.2) is 18.3 Å². The van der Waals surface area contributed by atoms with Crippen LogP contribution < -0.4 is 9.47 Å². The number of carbonyl (C=O) groups is 1. The highest BCUT2D eigenvalue weighted by atomic mass is 16.6. The largest absolute Gasteiger partial charge is 0.496 e. The lowest BCUT2D eigenvalue weighted by molar-refractivity contribution is -0.385. The van der Waals surface area contributed by atoms with Gasteiger partial charge in [0.25, 0.3) is 5.69 Å². The molecular weight excluding hydrogens is 300 g/mol. The Kier molecular flexibility index (Phi) is 4.89. The normalized spacial score (nSPS) is 9.74. The summed E-state index contributed by atoms with van der Waals surface area (Å²) in [7, 11) is 1.31. The molecule has 0 aliphatic carbocycles. The minimum Gasteiger partial charge on any atom is -0.496 e. The second-order valence-electron chi connectivity index (χ2n) is 4.54. The molecule has 0 radical (unpaired) electrons. The summed E-state index contributed by atoms with van der Waals surface area (Å²) in [5.41, 5.74) is 1.02. The van der Waals surface area contributed by atoms with Gasteiger partial charge in [0.05, 0.1) is 41.4 Å².